The Morgan fingerprint density at radius 1 is 1.15 bits per heavy atom. The van der Waals surface area contributed by atoms with Gasteiger partial charge in [0.1, 0.15) is 0 Å². The predicted molar refractivity (Wildman–Crippen MR) is 77.6 cm³/mol. The second kappa shape index (κ2) is 7.81. The lowest BCUT2D eigenvalue weighted by atomic mass is 10.1. The molecule has 0 saturated heterocycles. The van der Waals surface area contributed by atoms with Crippen molar-refractivity contribution in [3.8, 4) is 6.01 Å². The lowest BCUT2D eigenvalue weighted by Gasteiger charge is -2.24. The standard InChI is InChI=1S/C12H24N6O2/c1-5-7-19-11-16-9(15-10(17-11)18-13)14-8-12(3,4)20-6-2/h5-8,13H2,1-4H3,(H2,14,15,16,17,18). The molecule has 1 heterocycles. The van der Waals surface area contributed by atoms with Gasteiger partial charge in [0, 0.05) is 13.2 Å². The fourth-order valence-corrected chi connectivity index (χ4v) is 1.49. The van der Waals surface area contributed by atoms with Gasteiger partial charge in [-0.2, -0.15) is 15.0 Å². The maximum atomic E-state index is 5.60. The molecule has 0 aromatic carbocycles. The number of nitrogens with one attached hydrogen (secondary N) is 2. The Morgan fingerprint density at radius 3 is 2.45 bits per heavy atom. The van der Waals surface area contributed by atoms with Gasteiger partial charge in [-0.05, 0) is 27.2 Å². The van der Waals surface area contributed by atoms with Crippen molar-refractivity contribution in [2.45, 2.75) is 39.7 Å². The first-order valence-electron chi connectivity index (χ1n) is 6.74. The number of nitrogens with two attached hydrogens (primary N) is 1. The Kier molecular flexibility index (Phi) is 6.40. The van der Waals surface area contributed by atoms with Crippen molar-refractivity contribution < 1.29 is 9.47 Å². The molecule has 0 bridgehead atoms. The van der Waals surface area contributed by atoms with Crippen molar-refractivity contribution in [3.63, 3.8) is 0 Å². The molecule has 0 spiro atoms. The molecule has 8 nitrogen and oxygen atoms in total. The van der Waals surface area contributed by atoms with Crippen LogP contribution < -0.4 is 21.3 Å². The molecule has 8 heteroatoms. The van der Waals surface area contributed by atoms with E-state index < -0.39 is 0 Å². The Labute approximate surface area is 119 Å². The van der Waals surface area contributed by atoms with E-state index in [9.17, 15) is 0 Å². The zero-order chi connectivity index (χ0) is 15.0. The average molecular weight is 284 g/mol. The lowest BCUT2D eigenvalue weighted by molar-refractivity contribution is 0.000567. The Balaban J connectivity index is 2.73. The summed E-state index contributed by atoms with van der Waals surface area (Å²) in [6, 6.07) is 0.242. The number of anilines is 2. The monoisotopic (exact) mass is 284 g/mol. The van der Waals surface area contributed by atoms with Gasteiger partial charge in [0.25, 0.3) is 0 Å². The van der Waals surface area contributed by atoms with E-state index in [-0.39, 0.29) is 17.6 Å². The Morgan fingerprint density at radius 2 is 1.85 bits per heavy atom. The van der Waals surface area contributed by atoms with Crippen LogP contribution in [0.15, 0.2) is 0 Å². The minimum absolute atomic E-state index is 0.242. The molecule has 20 heavy (non-hydrogen) atoms. The molecule has 0 fully saturated rings. The SMILES string of the molecule is CCCOc1nc(NN)nc(NCC(C)(C)OCC)n1. The average Bonchev–Trinajstić information content (AvgIpc) is 2.43. The summed E-state index contributed by atoms with van der Waals surface area (Å²) in [5, 5.41) is 3.10. The lowest BCUT2D eigenvalue weighted by Crippen LogP contribution is -2.34. The van der Waals surface area contributed by atoms with Gasteiger partial charge in [0.15, 0.2) is 0 Å². The number of rotatable bonds is 9. The van der Waals surface area contributed by atoms with Gasteiger partial charge >= 0.3 is 6.01 Å². The van der Waals surface area contributed by atoms with Crippen LogP contribution in [0, 0.1) is 0 Å². The van der Waals surface area contributed by atoms with Crippen molar-refractivity contribution in [1.29, 1.82) is 0 Å². The van der Waals surface area contributed by atoms with Gasteiger partial charge < -0.3 is 14.8 Å². The Bertz CT molecular complexity index is 413. The van der Waals surface area contributed by atoms with Crippen LogP contribution in [0.4, 0.5) is 11.9 Å². The van der Waals surface area contributed by atoms with Crippen LogP contribution in [0.3, 0.4) is 0 Å². The van der Waals surface area contributed by atoms with Gasteiger partial charge in [-0.25, -0.2) is 5.84 Å². The highest BCUT2D eigenvalue weighted by atomic mass is 16.5. The normalized spacial score (nSPS) is 11.2. The molecule has 0 aliphatic rings. The molecule has 0 saturated carbocycles. The third-order valence-electron chi connectivity index (χ3n) is 2.39. The smallest absolute Gasteiger partial charge is 0.323 e. The minimum atomic E-state index is -0.317. The van der Waals surface area contributed by atoms with Crippen molar-refractivity contribution in [1.82, 2.24) is 15.0 Å². The fourth-order valence-electron chi connectivity index (χ4n) is 1.49. The highest BCUT2D eigenvalue weighted by molar-refractivity contribution is 5.35. The fraction of sp³-hybridized carbons (Fsp3) is 0.750. The van der Waals surface area contributed by atoms with Crippen molar-refractivity contribution in [2.24, 2.45) is 5.84 Å². The molecule has 0 aliphatic heterocycles. The van der Waals surface area contributed by atoms with E-state index in [0.29, 0.717) is 25.7 Å². The molecule has 1 aromatic heterocycles. The number of hydrazine groups is 1. The number of hydrogen-bond acceptors (Lipinski definition) is 8. The van der Waals surface area contributed by atoms with Crippen LogP contribution >= 0.6 is 0 Å². The predicted octanol–water partition coefficient (Wildman–Crippen LogP) is 1.17. The van der Waals surface area contributed by atoms with Gasteiger partial charge in [-0.3, -0.25) is 5.43 Å². The molecule has 1 aromatic rings. The number of aromatic nitrogens is 3. The molecular formula is C12H24N6O2. The third-order valence-corrected chi connectivity index (χ3v) is 2.39. The largest absolute Gasteiger partial charge is 0.463 e. The number of nitrogen functional groups attached to an aromatic ring is 1. The summed E-state index contributed by atoms with van der Waals surface area (Å²) in [7, 11) is 0. The van der Waals surface area contributed by atoms with E-state index in [0.717, 1.165) is 6.42 Å². The van der Waals surface area contributed by atoms with Crippen molar-refractivity contribution in [3.05, 3.63) is 0 Å². The summed E-state index contributed by atoms with van der Waals surface area (Å²) >= 11 is 0. The van der Waals surface area contributed by atoms with Crippen molar-refractivity contribution in [2.75, 3.05) is 30.5 Å². The van der Waals surface area contributed by atoms with E-state index in [4.69, 9.17) is 15.3 Å². The summed E-state index contributed by atoms with van der Waals surface area (Å²) in [4.78, 5) is 12.3. The van der Waals surface area contributed by atoms with Crippen LogP contribution in [-0.4, -0.2) is 40.3 Å². The van der Waals surface area contributed by atoms with Crippen LogP contribution in [0.1, 0.15) is 34.1 Å². The molecule has 0 atom stereocenters. The van der Waals surface area contributed by atoms with E-state index in [2.05, 4.69) is 25.7 Å². The molecule has 0 radical (unpaired) electrons. The second-order valence-corrected chi connectivity index (χ2v) is 4.80. The van der Waals surface area contributed by atoms with E-state index in [1.165, 1.54) is 0 Å². The summed E-state index contributed by atoms with van der Waals surface area (Å²) < 4.78 is 11.0. The quantitative estimate of drug-likeness (QED) is 0.458. The second-order valence-electron chi connectivity index (χ2n) is 4.80. The van der Waals surface area contributed by atoms with Crippen LogP contribution in [0.5, 0.6) is 6.01 Å². The molecule has 0 amide bonds. The molecule has 1 rings (SSSR count). The molecule has 114 valence electrons. The summed E-state index contributed by atoms with van der Waals surface area (Å²) in [6.45, 7) is 9.68. The maximum Gasteiger partial charge on any atom is 0.323 e. The first kappa shape index (κ1) is 16.4. The highest BCUT2D eigenvalue weighted by Crippen LogP contribution is 2.13. The number of nitrogens with zero attached hydrogens (tertiary/aromatic N) is 3. The third kappa shape index (κ3) is 5.54. The van der Waals surface area contributed by atoms with Gasteiger partial charge in [0.05, 0.1) is 12.2 Å². The Hall–Kier alpha value is -1.67. The molecule has 0 unspecified atom stereocenters. The number of ether oxygens (including phenoxy) is 2. The minimum Gasteiger partial charge on any atom is -0.463 e. The van der Waals surface area contributed by atoms with E-state index >= 15 is 0 Å². The molecule has 0 aliphatic carbocycles. The zero-order valence-electron chi connectivity index (χ0n) is 12.6. The number of hydrogen-bond donors (Lipinski definition) is 3. The van der Waals surface area contributed by atoms with Gasteiger partial charge in [0.2, 0.25) is 11.9 Å². The molecular weight excluding hydrogens is 260 g/mol. The van der Waals surface area contributed by atoms with Gasteiger partial charge in [-0.15, -0.1) is 0 Å². The first-order chi connectivity index (χ1) is 9.50. The van der Waals surface area contributed by atoms with Gasteiger partial charge in [-0.1, -0.05) is 6.92 Å². The van der Waals surface area contributed by atoms with E-state index in [1.54, 1.807) is 0 Å². The maximum absolute atomic E-state index is 5.60. The molecule has 4 N–H and O–H groups in total. The summed E-state index contributed by atoms with van der Waals surface area (Å²) in [5.74, 6) is 5.98. The van der Waals surface area contributed by atoms with Crippen LogP contribution in [0.2, 0.25) is 0 Å². The summed E-state index contributed by atoms with van der Waals surface area (Å²) in [5.41, 5.74) is 2.08. The first-order valence-corrected chi connectivity index (χ1v) is 6.74. The topological polar surface area (TPSA) is 107 Å². The van der Waals surface area contributed by atoms with Crippen molar-refractivity contribution >= 4 is 11.9 Å². The van der Waals surface area contributed by atoms with Crippen LogP contribution in [-0.2, 0) is 4.74 Å². The van der Waals surface area contributed by atoms with E-state index in [1.807, 2.05) is 27.7 Å². The highest BCUT2D eigenvalue weighted by Gasteiger charge is 2.18. The zero-order valence-corrected chi connectivity index (χ0v) is 12.6. The summed E-state index contributed by atoms with van der Waals surface area (Å²) in [6.07, 6.45) is 0.872. The van der Waals surface area contributed by atoms with Crippen LogP contribution in [0.25, 0.3) is 0 Å².